The molecule has 2 heterocycles. The first-order chi connectivity index (χ1) is 15.8. The predicted octanol–water partition coefficient (Wildman–Crippen LogP) is 3.08. The monoisotopic (exact) mass is 508 g/mol. The number of fused-ring (bicyclic) bond motifs is 1. The molecular formula is C22H19ClF2N4O4S. The highest BCUT2D eigenvalue weighted by atomic mass is 35.5. The fourth-order valence-corrected chi connectivity index (χ4v) is 5.12. The van der Waals surface area contributed by atoms with E-state index in [9.17, 15) is 26.8 Å². The van der Waals surface area contributed by atoms with Gasteiger partial charge in [0.1, 0.15) is 0 Å². The van der Waals surface area contributed by atoms with Gasteiger partial charge in [-0.25, -0.2) is 22.0 Å². The van der Waals surface area contributed by atoms with Gasteiger partial charge in [0.05, 0.1) is 11.4 Å². The van der Waals surface area contributed by atoms with Crippen molar-refractivity contribution in [1.29, 1.82) is 0 Å². The maximum atomic E-state index is 13.9. The number of imidazole rings is 1. The van der Waals surface area contributed by atoms with Gasteiger partial charge in [-0.3, -0.25) is 13.9 Å². The van der Waals surface area contributed by atoms with E-state index in [-0.39, 0.29) is 17.7 Å². The minimum atomic E-state index is -4.47. The molecule has 8 nitrogen and oxygen atoms in total. The molecule has 0 saturated carbocycles. The van der Waals surface area contributed by atoms with E-state index in [0.717, 1.165) is 21.3 Å². The standard InChI is InChI=1S/C22H19ClF2N4O4S/c1-22(24,25)14-5-4-6-16(11-14)34(32,33)20-26-18-17(19(30)28(3)21(31)27(18)2)29(20)12-13-7-9-15(23)10-8-13/h4-11H,12H2,1-3H3. The van der Waals surface area contributed by atoms with E-state index in [2.05, 4.69) is 4.98 Å². The molecule has 34 heavy (non-hydrogen) atoms. The number of halogens is 3. The summed E-state index contributed by atoms with van der Waals surface area (Å²) >= 11 is 5.94. The Morgan fingerprint density at radius 2 is 1.68 bits per heavy atom. The molecule has 0 spiro atoms. The van der Waals surface area contributed by atoms with Crippen LogP contribution in [0.3, 0.4) is 0 Å². The summed E-state index contributed by atoms with van der Waals surface area (Å²) in [5.74, 6) is -3.27. The van der Waals surface area contributed by atoms with E-state index in [0.29, 0.717) is 17.5 Å². The topological polar surface area (TPSA) is 96.0 Å². The van der Waals surface area contributed by atoms with Crippen LogP contribution in [0.1, 0.15) is 18.1 Å². The van der Waals surface area contributed by atoms with E-state index in [1.165, 1.54) is 30.8 Å². The van der Waals surface area contributed by atoms with Crippen LogP contribution < -0.4 is 11.2 Å². The van der Waals surface area contributed by atoms with Gasteiger partial charge in [-0.2, -0.15) is 4.98 Å². The van der Waals surface area contributed by atoms with Gasteiger partial charge in [0, 0.05) is 31.6 Å². The average molecular weight is 509 g/mol. The van der Waals surface area contributed by atoms with Crippen LogP contribution in [0.5, 0.6) is 0 Å². The molecule has 0 N–H and O–H groups in total. The Kier molecular flexibility index (Phi) is 5.73. The number of aryl methyl sites for hydroxylation is 1. The third kappa shape index (κ3) is 3.94. The Morgan fingerprint density at radius 3 is 2.29 bits per heavy atom. The summed E-state index contributed by atoms with van der Waals surface area (Å²) in [5.41, 5.74) is -1.57. The quantitative estimate of drug-likeness (QED) is 0.413. The van der Waals surface area contributed by atoms with E-state index in [1.807, 2.05) is 0 Å². The van der Waals surface area contributed by atoms with Crippen molar-refractivity contribution in [2.45, 2.75) is 29.4 Å². The zero-order chi connectivity index (χ0) is 25.0. The highest BCUT2D eigenvalue weighted by Gasteiger charge is 2.31. The normalized spacial score (nSPS) is 12.4. The summed E-state index contributed by atoms with van der Waals surface area (Å²) in [6.45, 7) is 0.563. The second-order valence-electron chi connectivity index (χ2n) is 7.90. The molecule has 4 aromatic rings. The van der Waals surface area contributed by atoms with E-state index >= 15 is 0 Å². The van der Waals surface area contributed by atoms with Gasteiger partial charge in [-0.1, -0.05) is 35.9 Å². The Balaban J connectivity index is 2.05. The first kappa shape index (κ1) is 23.8. The number of rotatable bonds is 5. The molecule has 0 radical (unpaired) electrons. The van der Waals surface area contributed by atoms with Gasteiger partial charge in [0.2, 0.25) is 15.0 Å². The minimum absolute atomic E-state index is 0.0979. The summed E-state index contributed by atoms with van der Waals surface area (Å²) < 4.78 is 58.0. The van der Waals surface area contributed by atoms with Crippen molar-refractivity contribution in [2.75, 3.05) is 0 Å². The molecule has 0 amide bonds. The number of alkyl halides is 2. The molecule has 178 valence electrons. The molecule has 2 aromatic carbocycles. The molecule has 0 saturated heterocycles. The molecular weight excluding hydrogens is 490 g/mol. The molecule has 4 rings (SSSR count). The SMILES string of the molecule is Cn1c(=O)c2c(nc(S(=O)(=O)c3cccc(C(C)(F)F)c3)n2Cc2ccc(Cl)cc2)n(C)c1=O. The third-order valence-corrected chi connectivity index (χ3v) is 7.38. The van der Waals surface area contributed by atoms with Crippen LogP contribution in [-0.4, -0.2) is 27.1 Å². The van der Waals surface area contributed by atoms with Crippen molar-refractivity contribution >= 4 is 32.6 Å². The number of hydrogen-bond acceptors (Lipinski definition) is 5. The zero-order valence-corrected chi connectivity index (χ0v) is 19.9. The van der Waals surface area contributed by atoms with Crippen LogP contribution in [-0.2, 0) is 36.4 Å². The van der Waals surface area contributed by atoms with Gasteiger partial charge < -0.3 is 4.57 Å². The van der Waals surface area contributed by atoms with Gasteiger partial charge in [-0.05, 0) is 29.8 Å². The zero-order valence-electron chi connectivity index (χ0n) is 18.3. The Labute approximate surface area is 197 Å². The number of aromatic nitrogens is 4. The lowest BCUT2D eigenvalue weighted by molar-refractivity contribution is 0.0172. The van der Waals surface area contributed by atoms with Crippen molar-refractivity contribution in [3.05, 3.63) is 85.5 Å². The predicted molar refractivity (Wildman–Crippen MR) is 122 cm³/mol. The lowest BCUT2D eigenvalue weighted by atomic mass is 10.1. The van der Waals surface area contributed by atoms with Crippen LogP contribution in [0, 0.1) is 0 Å². The lowest BCUT2D eigenvalue weighted by Crippen LogP contribution is -2.37. The summed E-state index contributed by atoms with van der Waals surface area (Å²) in [4.78, 5) is 29.2. The Morgan fingerprint density at radius 1 is 1.03 bits per heavy atom. The molecule has 12 heteroatoms. The van der Waals surface area contributed by atoms with Crippen LogP contribution in [0.15, 0.2) is 68.2 Å². The van der Waals surface area contributed by atoms with Gasteiger partial charge in [-0.15, -0.1) is 0 Å². The summed E-state index contributed by atoms with van der Waals surface area (Å²) in [7, 11) is -1.84. The van der Waals surface area contributed by atoms with Gasteiger partial charge in [0.15, 0.2) is 11.2 Å². The number of nitrogens with zero attached hydrogens (tertiary/aromatic N) is 4. The molecule has 0 aliphatic heterocycles. The largest absolute Gasteiger partial charge is 0.332 e. The highest BCUT2D eigenvalue weighted by molar-refractivity contribution is 7.91. The molecule has 0 bridgehead atoms. The molecule has 0 unspecified atom stereocenters. The van der Waals surface area contributed by atoms with Crippen molar-refractivity contribution in [2.24, 2.45) is 14.1 Å². The van der Waals surface area contributed by atoms with Crippen molar-refractivity contribution < 1.29 is 17.2 Å². The Hall–Kier alpha value is -3.31. The van der Waals surface area contributed by atoms with Crippen LogP contribution >= 0.6 is 11.6 Å². The first-order valence-corrected chi connectivity index (χ1v) is 11.8. The van der Waals surface area contributed by atoms with E-state index in [1.54, 1.807) is 24.3 Å². The van der Waals surface area contributed by atoms with Gasteiger partial charge >= 0.3 is 5.69 Å². The van der Waals surface area contributed by atoms with Crippen molar-refractivity contribution in [3.8, 4) is 0 Å². The summed E-state index contributed by atoms with van der Waals surface area (Å²) in [6, 6.07) is 10.9. The van der Waals surface area contributed by atoms with Crippen molar-refractivity contribution in [1.82, 2.24) is 18.7 Å². The molecule has 2 aromatic heterocycles. The number of sulfone groups is 1. The lowest BCUT2D eigenvalue weighted by Gasteiger charge is -2.13. The van der Waals surface area contributed by atoms with E-state index < -0.39 is 42.6 Å². The molecule has 0 fully saturated rings. The van der Waals surface area contributed by atoms with Crippen LogP contribution in [0.4, 0.5) is 8.78 Å². The number of hydrogen-bond donors (Lipinski definition) is 0. The second kappa shape index (κ2) is 8.17. The first-order valence-electron chi connectivity index (χ1n) is 9.96. The second-order valence-corrected chi connectivity index (χ2v) is 10.2. The average Bonchev–Trinajstić information content (AvgIpc) is 3.17. The minimum Gasteiger partial charge on any atom is -0.304 e. The number of benzene rings is 2. The highest BCUT2D eigenvalue weighted by Crippen LogP contribution is 2.31. The molecule has 0 aliphatic rings. The van der Waals surface area contributed by atoms with Crippen LogP contribution in [0.25, 0.3) is 11.2 Å². The fourth-order valence-electron chi connectivity index (χ4n) is 3.59. The van der Waals surface area contributed by atoms with Crippen LogP contribution in [0.2, 0.25) is 5.02 Å². The fraction of sp³-hybridized carbons (Fsp3) is 0.227. The van der Waals surface area contributed by atoms with Gasteiger partial charge in [0.25, 0.3) is 11.5 Å². The Bertz CT molecular complexity index is 1650. The summed E-state index contributed by atoms with van der Waals surface area (Å²) in [5, 5.41) is -0.0879. The smallest absolute Gasteiger partial charge is 0.304 e. The maximum Gasteiger partial charge on any atom is 0.332 e. The summed E-state index contributed by atoms with van der Waals surface area (Å²) in [6.07, 6.45) is 0. The van der Waals surface area contributed by atoms with Crippen molar-refractivity contribution in [3.63, 3.8) is 0 Å². The molecule has 0 atom stereocenters. The van der Waals surface area contributed by atoms with E-state index in [4.69, 9.17) is 11.6 Å². The third-order valence-electron chi connectivity index (χ3n) is 5.46. The maximum absolute atomic E-state index is 13.9. The molecule has 0 aliphatic carbocycles.